The van der Waals surface area contributed by atoms with E-state index >= 15 is 0 Å². The van der Waals surface area contributed by atoms with Gasteiger partial charge in [0.2, 0.25) is 0 Å². The van der Waals surface area contributed by atoms with Crippen LogP contribution in [0.25, 0.3) is 0 Å². The van der Waals surface area contributed by atoms with E-state index in [0.29, 0.717) is 6.16 Å². The van der Waals surface area contributed by atoms with Crippen molar-refractivity contribution in [1.82, 2.24) is 0 Å². The molecule has 0 bridgehead atoms. The molecular formula is C16H17OP. The Morgan fingerprint density at radius 3 is 1.56 bits per heavy atom. The van der Waals surface area contributed by atoms with E-state index in [9.17, 15) is 4.79 Å². The number of hydrogen-bond donors (Lipinski definition) is 0. The van der Waals surface area contributed by atoms with Crippen molar-refractivity contribution in [3.05, 3.63) is 59.7 Å². The molecule has 0 amide bonds. The first-order chi connectivity index (χ1) is 8.70. The maximum Gasteiger partial charge on any atom is 0.124 e. The molecule has 0 fully saturated rings. The third-order valence-corrected chi connectivity index (χ3v) is 5.31. The molecule has 18 heavy (non-hydrogen) atoms. The molecule has 0 aliphatic carbocycles. The van der Waals surface area contributed by atoms with Crippen LogP contribution in [-0.4, -0.2) is 12.4 Å². The van der Waals surface area contributed by atoms with Crippen LogP contribution in [0.5, 0.6) is 0 Å². The number of aryl methyl sites for hydroxylation is 2. The predicted molar refractivity (Wildman–Crippen MR) is 79.5 cm³/mol. The van der Waals surface area contributed by atoms with Crippen LogP contribution in [0.4, 0.5) is 0 Å². The Morgan fingerprint density at radius 1 is 0.833 bits per heavy atom. The maximum absolute atomic E-state index is 10.9. The van der Waals surface area contributed by atoms with Gasteiger partial charge in [-0.05, 0) is 32.4 Å². The first-order valence-electron chi connectivity index (χ1n) is 6.05. The van der Waals surface area contributed by atoms with Gasteiger partial charge in [0, 0.05) is 6.16 Å². The minimum atomic E-state index is -0.544. The highest BCUT2D eigenvalue weighted by molar-refractivity contribution is 7.73. The number of carbonyl (C=O) groups excluding carboxylic acids is 1. The summed E-state index contributed by atoms with van der Waals surface area (Å²) >= 11 is 0. The summed E-state index contributed by atoms with van der Waals surface area (Å²) in [5.41, 5.74) is 2.51. The van der Waals surface area contributed by atoms with Gasteiger partial charge in [0.25, 0.3) is 0 Å². The molecule has 0 atom stereocenters. The zero-order valence-corrected chi connectivity index (χ0v) is 11.7. The van der Waals surface area contributed by atoms with Gasteiger partial charge in [-0.25, -0.2) is 0 Å². The lowest BCUT2D eigenvalue weighted by Crippen LogP contribution is -2.14. The lowest BCUT2D eigenvalue weighted by molar-refractivity contribution is -0.105. The van der Waals surface area contributed by atoms with Gasteiger partial charge < -0.3 is 4.79 Å². The van der Waals surface area contributed by atoms with Crippen LogP contribution in [0.2, 0.25) is 0 Å². The number of rotatable bonds is 4. The summed E-state index contributed by atoms with van der Waals surface area (Å²) in [5.74, 6) is 0. The van der Waals surface area contributed by atoms with E-state index < -0.39 is 7.92 Å². The van der Waals surface area contributed by atoms with Crippen molar-refractivity contribution in [3.8, 4) is 0 Å². The van der Waals surface area contributed by atoms with Crippen LogP contribution in [0.15, 0.2) is 48.5 Å². The fourth-order valence-corrected chi connectivity index (χ4v) is 3.77. The largest absolute Gasteiger partial charge is 0.303 e. The van der Waals surface area contributed by atoms with Crippen molar-refractivity contribution in [2.45, 2.75) is 13.8 Å². The highest BCUT2D eigenvalue weighted by atomic mass is 31.1. The van der Waals surface area contributed by atoms with Gasteiger partial charge in [-0.1, -0.05) is 59.7 Å². The molecule has 0 unspecified atom stereocenters. The predicted octanol–water partition coefficient (Wildman–Crippen LogP) is 2.94. The van der Waals surface area contributed by atoms with Crippen molar-refractivity contribution in [2.24, 2.45) is 0 Å². The first-order valence-corrected chi connectivity index (χ1v) is 7.58. The van der Waals surface area contributed by atoms with Crippen molar-refractivity contribution in [1.29, 1.82) is 0 Å². The van der Waals surface area contributed by atoms with Crippen molar-refractivity contribution in [3.63, 3.8) is 0 Å². The van der Waals surface area contributed by atoms with Gasteiger partial charge in [-0.3, -0.25) is 0 Å². The highest BCUT2D eigenvalue weighted by Crippen LogP contribution is 2.32. The van der Waals surface area contributed by atoms with E-state index in [1.54, 1.807) is 0 Å². The molecule has 0 N–H and O–H groups in total. The highest BCUT2D eigenvalue weighted by Gasteiger charge is 2.12. The van der Waals surface area contributed by atoms with Crippen LogP contribution in [0.3, 0.4) is 0 Å². The summed E-state index contributed by atoms with van der Waals surface area (Å²) in [6.07, 6.45) is 1.63. The third kappa shape index (κ3) is 3.05. The molecule has 2 aromatic rings. The van der Waals surface area contributed by atoms with Gasteiger partial charge in [-0.15, -0.1) is 0 Å². The second kappa shape index (κ2) is 5.93. The van der Waals surface area contributed by atoms with Gasteiger partial charge in [0.15, 0.2) is 0 Å². The Morgan fingerprint density at radius 2 is 1.22 bits per heavy atom. The van der Waals surface area contributed by atoms with E-state index in [0.717, 1.165) is 6.29 Å². The fraction of sp³-hybridized carbons (Fsp3) is 0.188. The molecule has 2 heteroatoms. The zero-order valence-electron chi connectivity index (χ0n) is 10.8. The Kier molecular flexibility index (Phi) is 4.28. The Hall–Kier alpha value is -1.46. The van der Waals surface area contributed by atoms with E-state index in [-0.39, 0.29) is 0 Å². The summed E-state index contributed by atoms with van der Waals surface area (Å²) in [4.78, 5) is 10.9. The molecule has 0 saturated heterocycles. The second-order valence-corrected chi connectivity index (χ2v) is 6.70. The quantitative estimate of drug-likeness (QED) is 0.607. The Bertz CT molecular complexity index is 468. The summed E-state index contributed by atoms with van der Waals surface area (Å²) in [7, 11) is -0.544. The Labute approximate surface area is 110 Å². The smallest absolute Gasteiger partial charge is 0.124 e. The van der Waals surface area contributed by atoms with Crippen LogP contribution in [-0.2, 0) is 4.79 Å². The topological polar surface area (TPSA) is 17.1 Å². The van der Waals surface area contributed by atoms with Gasteiger partial charge >= 0.3 is 0 Å². The molecule has 0 saturated carbocycles. The lowest BCUT2D eigenvalue weighted by atomic mass is 10.2. The van der Waals surface area contributed by atoms with Gasteiger partial charge in [0.1, 0.15) is 6.29 Å². The molecule has 2 rings (SSSR count). The standard InChI is InChI=1S/C16H17OP/c1-13-3-7-15(8-4-13)18(12-11-17)16-9-5-14(2)6-10-16/h3-11H,12H2,1-2H3. The van der Waals surface area contributed by atoms with Gasteiger partial charge in [0.05, 0.1) is 0 Å². The van der Waals surface area contributed by atoms with Crippen LogP contribution in [0, 0.1) is 13.8 Å². The van der Waals surface area contributed by atoms with E-state index in [1.165, 1.54) is 21.7 Å². The van der Waals surface area contributed by atoms with Crippen molar-refractivity contribution < 1.29 is 4.79 Å². The van der Waals surface area contributed by atoms with E-state index in [1.807, 2.05) is 0 Å². The summed E-state index contributed by atoms with van der Waals surface area (Å²) in [5, 5.41) is 2.54. The molecule has 0 aromatic heterocycles. The number of hydrogen-bond acceptors (Lipinski definition) is 1. The summed E-state index contributed by atoms with van der Waals surface area (Å²) in [6, 6.07) is 17.0. The van der Waals surface area contributed by atoms with Crippen molar-refractivity contribution >= 4 is 24.8 Å². The molecule has 0 aliphatic rings. The summed E-state index contributed by atoms with van der Waals surface area (Å²) < 4.78 is 0. The summed E-state index contributed by atoms with van der Waals surface area (Å²) in [6.45, 7) is 4.16. The molecule has 0 spiro atoms. The first kappa shape index (κ1) is 13.0. The molecule has 0 aliphatic heterocycles. The SMILES string of the molecule is Cc1ccc(P(CC=O)c2ccc(C)cc2)cc1. The normalized spacial score (nSPS) is 10.6. The molecule has 1 nitrogen and oxygen atoms in total. The van der Waals surface area contributed by atoms with Crippen LogP contribution < -0.4 is 10.6 Å². The zero-order chi connectivity index (χ0) is 13.0. The average Bonchev–Trinajstić information content (AvgIpc) is 2.39. The number of benzene rings is 2. The van der Waals surface area contributed by atoms with Crippen molar-refractivity contribution in [2.75, 3.05) is 6.16 Å². The molecule has 0 heterocycles. The van der Waals surface area contributed by atoms with Crippen LogP contribution in [0.1, 0.15) is 11.1 Å². The van der Waals surface area contributed by atoms with Gasteiger partial charge in [-0.2, -0.15) is 0 Å². The monoisotopic (exact) mass is 256 g/mol. The minimum absolute atomic E-state index is 0.544. The Balaban J connectivity index is 2.35. The molecule has 2 aromatic carbocycles. The van der Waals surface area contributed by atoms with E-state index in [4.69, 9.17) is 0 Å². The molecular weight excluding hydrogens is 239 g/mol. The second-order valence-electron chi connectivity index (χ2n) is 4.45. The molecule has 92 valence electrons. The average molecular weight is 256 g/mol. The minimum Gasteiger partial charge on any atom is -0.303 e. The third-order valence-electron chi connectivity index (χ3n) is 2.95. The number of carbonyl (C=O) groups is 1. The maximum atomic E-state index is 10.9. The fourth-order valence-electron chi connectivity index (χ4n) is 1.88. The van der Waals surface area contributed by atoms with E-state index in [2.05, 4.69) is 62.4 Å². The van der Waals surface area contributed by atoms with Crippen LogP contribution >= 0.6 is 7.92 Å². The lowest BCUT2D eigenvalue weighted by Gasteiger charge is -2.16. The number of aldehydes is 1. The molecule has 0 radical (unpaired) electrons.